The third-order valence-electron chi connectivity index (χ3n) is 14.8. The van der Waals surface area contributed by atoms with Gasteiger partial charge >= 0.3 is 11.9 Å². The van der Waals surface area contributed by atoms with Crippen LogP contribution in [0.25, 0.3) is 0 Å². The van der Waals surface area contributed by atoms with Gasteiger partial charge in [-0.05, 0) is 119 Å². The lowest BCUT2D eigenvalue weighted by Crippen LogP contribution is -2.69. The first kappa shape index (κ1) is 33.7. The zero-order chi connectivity index (χ0) is 33.3. The number of unbranched alkanes of at least 4 members (excludes halogenated alkanes) is 1. The third kappa shape index (κ3) is 4.85. The normalized spacial score (nSPS) is 44.0. The highest BCUT2D eigenvalue weighted by atomic mass is 16.5. The van der Waals surface area contributed by atoms with Crippen LogP contribution < -0.4 is 0 Å². The molecule has 1 aliphatic heterocycles. The summed E-state index contributed by atoms with van der Waals surface area (Å²) in [5.74, 6) is 0.403. The predicted molar refractivity (Wildman–Crippen MR) is 175 cm³/mol. The topological polar surface area (TPSA) is 99.9 Å². The standard InChI is InChI=1S/C38H58N2O6/c1-24(2)25-11-14-38(33(43)45-20-10-9-18-40-19-17-39-23-40)16-15-35(5)26(31(25)38)21-27(41)32-36(35,6)13-12-28-34(3,4)46-29(37(28,32)7)22-30(42)44-8/h17,19,23,25-29,31-32,41H,1,9-16,18,20-22H2,2-8H3/t25-,26+,27+,28?,29?,31+,32-,35+,36+,37+,38-/m0/s1. The summed E-state index contributed by atoms with van der Waals surface area (Å²) in [6, 6.07) is 0. The summed E-state index contributed by atoms with van der Waals surface area (Å²) in [5, 5.41) is 12.4. The maximum atomic E-state index is 14.2. The smallest absolute Gasteiger partial charge is 0.312 e. The highest BCUT2D eigenvalue weighted by Crippen LogP contribution is 2.77. The lowest BCUT2D eigenvalue weighted by molar-refractivity contribution is -0.255. The summed E-state index contributed by atoms with van der Waals surface area (Å²) in [4.78, 5) is 31.0. The number of ether oxygens (including phenoxy) is 3. The average molecular weight is 639 g/mol. The van der Waals surface area contributed by atoms with E-state index in [0.717, 1.165) is 63.5 Å². The number of aliphatic hydroxyl groups is 1. The van der Waals surface area contributed by atoms with Crippen molar-refractivity contribution in [3.05, 3.63) is 30.9 Å². The first-order valence-corrected chi connectivity index (χ1v) is 17.9. The molecule has 0 radical (unpaired) electrons. The quantitative estimate of drug-likeness (QED) is 0.181. The minimum Gasteiger partial charge on any atom is -0.469 e. The number of carbonyl (C=O) groups is 2. The van der Waals surface area contributed by atoms with Crippen molar-refractivity contribution >= 4 is 11.9 Å². The molecule has 0 aromatic carbocycles. The van der Waals surface area contributed by atoms with Gasteiger partial charge in [0.25, 0.3) is 0 Å². The molecular formula is C38H58N2O6. The van der Waals surface area contributed by atoms with E-state index < -0.39 is 17.1 Å². The number of esters is 2. The number of allylic oxidation sites excluding steroid dienone is 1. The second-order valence-corrected chi connectivity index (χ2v) is 17.0. The molecule has 8 heteroatoms. The number of carbonyl (C=O) groups excluding carboxylic acids is 2. The molecule has 11 atom stereocenters. The minimum atomic E-state index is -0.560. The Labute approximate surface area is 276 Å². The van der Waals surface area contributed by atoms with E-state index in [1.807, 2.05) is 12.5 Å². The predicted octanol–water partition coefficient (Wildman–Crippen LogP) is 6.76. The molecule has 0 amide bonds. The van der Waals surface area contributed by atoms with E-state index in [-0.39, 0.29) is 70.3 Å². The molecule has 2 unspecified atom stereocenters. The number of imidazole rings is 1. The zero-order valence-corrected chi connectivity index (χ0v) is 29.3. The van der Waals surface area contributed by atoms with Gasteiger partial charge in [-0.15, -0.1) is 0 Å². The van der Waals surface area contributed by atoms with Gasteiger partial charge in [0.2, 0.25) is 0 Å². The molecule has 5 fully saturated rings. The van der Waals surface area contributed by atoms with E-state index in [2.05, 4.69) is 57.7 Å². The van der Waals surface area contributed by atoms with E-state index in [9.17, 15) is 14.7 Å². The van der Waals surface area contributed by atoms with Crippen LogP contribution in [0, 0.1) is 51.2 Å². The van der Waals surface area contributed by atoms with Crippen molar-refractivity contribution in [2.75, 3.05) is 13.7 Å². The van der Waals surface area contributed by atoms with Crippen molar-refractivity contribution in [1.82, 2.24) is 9.55 Å². The molecular weight excluding hydrogens is 580 g/mol. The van der Waals surface area contributed by atoms with Gasteiger partial charge in [0, 0.05) is 24.4 Å². The van der Waals surface area contributed by atoms with Gasteiger partial charge in [0.15, 0.2) is 0 Å². The largest absolute Gasteiger partial charge is 0.469 e. The van der Waals surface area contributed by atoms with E-state index in [0.29, 0.717) is 13.0 Å². The van der Waals surface area contributed by atoms with Crippen LogP contribution >= 0.6 is 0 Å². The van der Waals surface area contributed by atoms with Crippen molar-refractivity contribution in [2.24, 2.45) is 51.2 Å². The molecule has 1 N–H and O–H groups in total. The van der Waals surface area contributed by atoms with E-state index in [1.165, 1.54) is 7.11 Å². The molecule has 1 saturated heterocycles. The first-order chi connectivity index (χ1) is 21.7. The molecule has 0 bridgehead atoms. The van der Waals surface area contributed by atoms with Gasteiger partial charge in [-0.2, -0.15) is 0 Å². The molecule has 8 nitrogen and oxygen atoms in total. The fourth-order valence-corrected chi connectivity index (χ4v) is 12.6. The van der Waals surface area contributed by atoms with Crippen LogP contribution in [-0.2, 0) is 30.3 Å². The lowest BCUT2D eigenvalue weighted by Gasteiger charge is -2.71. The number of rotatable bonds is 9. The fraction of sp³-hybridized carbons (Fsp3) is 0.816. The fourth-order valence-electron chi connectivity index (χ4n) is 12.6. The second kappa shape index (κ2) is 11.7. The van der Waals surface area contributed by atoms with Crippen LogP contribution in [0.1, 0.15) is 106 Å². The number of aliphatic hydroxyl groups excluding tert-OH is 1. The number of aryl methyl sites for hydroxylation is 1. The Morgan fingerprint density at radius 3 is 2.50 bits per heavy atom. The Balaban J connectivity index is 1.29. The minimum absolute atomic E-state index is 0.0314. The molecule has 0 spiro atoms. The van der Waals surface area contributed by atoms with Gasteiger partial charge in [0.05, 0.1) is 49.7 Å². The van der Waals surface area contributed by atoms with Gasteiger partial charge < -0.3 is 23.9 Å². The highest BCUT2D eigenvalue weighted by Gasteiger charge is 2.76. The van der Waals surface area contributed by atoms with Crippen molar-refractivity contribution in [2.45, 2.75) is 130 Å². The van der Waals surface area contributed by atoms with Gasteiger partial charge in [-0.1, -0.05) is 32.9 Å². The van der Waals surface area contributed by atoms with Crippen molar-refractivity contribution in [3.8, 4) is 0 Å². The summed E-state index contributed by atoms with van der Waals surface area (Å²) in [7, 11) is 1.44. The number of aromatic nitrogens is 2. The first-order valence-electron chi connectivity index (χ1n) is 17.9. The Morgan fingerprint density at radius 1 is 1.07 bits per heavy atom. The van der Waals surface area contributed by atoms with Crippen LogP contribution in [-0.4, -0.2) is 58.1 Å². The molecule has 46 heavy (non-hydrogen) atoms. The maximum Gasteiger partial charge on any atom is 0.312 e. The molecule has 1 aromatic rings. The number of fused-ring (bicyclic) bond motifs is 7. The molecule has 4 saturated carbocycles. The van der Waals surface area contributed by atoms with E-state index in [4.69, 9.17) is 14.2 Å². The SMILES string of the molecule is C=C(C)[C@@H]1CC[C@]2(C(=O)OCCCCn3ccnc3)CC[C@]3(C)[C@H](C[C@@H](O)[C@@H]4[C@@]5(C)C(CC(=O)OC)OC(C)(C)C5CC[C@]43C)[C@@H]12. The van der Waals surface area contributed by atoms with Gasteiger partial charge in [-0.25, -0.2) is 4.98 Å². The summed E-state index contributed by atoms with van der Waals surface area (Å²) < 4.78 is 20.1. The second-order valence-electron chi connectivity index (χ2n) is 17.0. The molecule has 4 aliphatic carbocycles. The lowest BCUT2D eigenvalue weighted by atomic mass is 9.33. The maximum absolute atomic E-state index is 14.2. The number of nitrogens with zero attached hydrogens (tertiary/aromatic N) is 2. The monoisotopic (exact) mass is 638 g/mol. The highest BCUT2D eigenvalue weighted by molar-refractivity contribution is 5.78. The Bertz CT molecular complexity index is 1330. The van der Waals surface area contributed by atoms with Crippen LogP contribution in [0.4, 0.5) is 0 Å². The zero-order valence-electron chi connectivity index (χ0n) is 29.3. The summed E-state index contributed by atoms with van der Waals surface area (Å²) >= 11 is 0. The van der Waals surface area contributed by atoms with Gasteiger partial charge in [-0.3, -0.25) is 9.59 Å². The number of hydrogen-bond acceptors (Lipinski definition) is 7. The van der Waals surface area contributed by atoms with E-state index in [1.54, 1.807) is 6.20 Å². The number of methoxy groups -OCH3 is 1. The summed E-state index contributed by atoms with van der Waals surface area (Å²) in [5.41, 5.74) is -0.451. The van der Waals surface area contributed by atoms with Crippen LogP contribution in [0.2, 0.25) is 0 Å². The Morgan fingerprint density at radius 2 is 1.83 bits per heavy atom. The molecule has 256 valence electrons. The van der Waals surface area contributed by atoms with Crippen molar-refractivity contribution in [1.29, 1.82) is 0 Å². The van der Waals surface area contributed by atoms with Crippen LogP contribution in [0.15, 0.2) is 30.9 Å². The molecule has 6 rings (SSSR count). The summed E-state index contributed by atoms with van der Waals surface area (Å²) in [6.45, 7) is 19.4. The van der Waals surface area contributed by atoms with Gasteiger partial charge in [0.1, 0.15) is 0 Å². The molecule has 5 aliphatic rings. The summed E-state index contributed by atoms with van der Waals surface area (Å²) in [6.07, 6.45) is 12.8. The van der Waals surface area contributed by atoms with Crippen LogP contribution in [0.5, 0.6) is 0 Å². The van der Waals surface area contributed by atoms with E-state index >= 15 is 0 Å². The Kier molecular flexibility index (Phi) is 8.61. The molecule has 2 heterocycles. The Hall–Kier alpha value is -2.19. The van der Waals surface area contributed by atoms with Crippen LogP contribution in [0.3, 0.4) is 0 Å². The molecule has 1 aromatic heterocycles. The van der Waals surface area contributed by atoms with Crippen molar-refractivity contribution < 1.29 is 28.9 Å². The third-order valence-corrected chi connectivity index (χ3v) is 14.8. The van der Waals surface area contributed by atoms with Crippen molar-refractivity contribution in [3.63, 3.8) is 0 Å². The average Bonchev–Trinajstić information content (AvgIpc) is 3.70. The number of hydrogen-bond donors (Lipinski definition) is 1.